The van der Waals surface area contributed by atoms with Crippen molar-refractivity contribution in [3.05, 3.63) is 28.2 Å². The van der Waals surface area contributed by atoms with Crippen LogP contribution in [0, 0.1) is 5.41 Å². The lowest BCUT2D eigenvalue weighted by molar-refractivity contribution is -0.137. The molecule has 0 atom stereocenters. The fraction of sp³-hybridized carbons (Fsp3) is 0.364. The van der Waals surface area contributed by atoms with Crippen LogP contribution in [0.15, 0.2) is 22.7 Å². The number of anilines is 1. The van der Waals surface area contributed by atoms with Crippen molar-refractivity contribution in [1.82, 2.24) is 0 Å². The minimum absolute atomic E-state index is 0.366. The molecule has 1 aliphatic heterocycles. The predicted molar refractivity (Wildman–Crippen MR) is 63.5 cm³/mol. The molecule has 1 aromatic carbocycles. The summed E-state index contributed by atoms with van der Waals surface area (Å²) in [5, 5.41) is 7.69. The molecule has 0 saturated carbocycles. The summed E-state index contributed by atoms with van der Waals surface area (Å²) >= 11 is 3.23. The van der Waals surface area contributed by atoms with Gasteiger partial charge in [0, 0.05) is 17.4 Å². The van der Waals surface area contributed by atoms with E-state index in [0.29, 0.717) is 29.0 Å². The largest absolute Gasteiger partial charge is 0.416 e. The van der Waals surface area contributed by atoms with Crippen molar-refractivity contribution in [2.24, 2.45) is 0 Å². The molecule has 1 fully saturated rings. The molecule has 0 amide bonds. The average Bonchev–Trinajstić information content (AvgIpc) is 2.63. The summed E-state index contributed by atoms with van der Waals surface area (Å²) in [5.74, 6) is 0.366. The van der Waals surface area contributed by atoms with Crippen LogP contribution in [0.3, 0.4) is 0 Å². The number of halogens is 4. The van der Waals surface area contributed by atoms with Gasteiger partial charge in [0.05, 0.1) is 11.3 Å². The van der Waals surface area contributed by atoms with Crippen molar-refractivity contribution in [2.45, 2.75) is 19.0 Å². The molecule has 92 valence electrons. The molecule has 1 N–H and O–H groups in total. The van der Waals surface area contributed by atoms with E-state index in [1.54, 1.807) is 4.90 Å². The van der Waals surface area contributed by atoms with E-state index in [0.717, 1.165) is 18.6 Å². The molecule has 1 aliphatic rings. The summed E-state index contributed by atoms with van der Waals surface area (Å²) in [7, 11) is 0. The Hall–Kier alpha value is -1.04. The summed E-state index contributed by atoms with van der Waals surface area (Å²) in [4.78, 5) is 1.61. The summed E-state index contributed by atoms with van der Waals surface area (Å²) in [5.41, 5.74) is -0.266. The molecular formula is C11H10BrF3N2. The van der Waals surface area contributed by atoms with Crippen LogP contribution in [0.1, 0.15) is 18.4 Å². The third kappa shape index (κ3) is 2.46. The molecule has 1 saturated heterocycles. The van der Waals surface area contributed by atoms with Crippen molar-refractivity contribution in [2.75, 3.05) is 11.4 Å². The maximum absolute atomic E-state index is 12.6. The molecular weight excluding hydrogens is 297 g/mol. The zero-order chi connectivity index (χ0) is 12.6. The summed E-state index contributed by atoms with van der Waals surface area (Å²) < 4.78 is 38.4. The van der Waals surface area contributed by atoms with Gasteiger partial charge < -0.3 is 4.90 Å². The van der Waals surface area contributed by atoms with Crippen molar-refractivity contribution in [1.29, 1.82) is 5.41 Å². The smallest absolute Gasteiger partial charge is 0.329 e. The second-order valence-electron chi connectivity index (χ2n) is 3.87. The first-order chi connectivity index (χ1) is 7.89. The molecule has 2 nitrogen and oxygen atoms in total. The Kier molecular flexibility index (Phi) is 3.16. The Morgan fingerprint density at radius 1 is 1.29 bits per heavy atom. The second-order valence-corrected chi connectivity index (χ2v) is 4.72. The van der Waals surface area contributed by atoms with Crippen molar-refractivity contribution in [3.8, 4) is 0 Å². The first-order valence-corrected chi connectivity index (χ1v) is 5.90. The normalized spacial score (nSPS) is 16.7. The van der Waals surface area contributed by atoms with Crippen LogP contribution < -0.4 is 4.90 Å². The fourth-order valence-corrected chi connectivity index (χ4v) is 2.30. The topological polar surface area (TPSA) is 27.1 Å². The van der Waals surface area contributed by atoms with E-state index in [9.17, 15) is 13.2 Å². The Morgan fingerprint density at radius 2 is 2.00 bits per heavy atom. The van der Waals surface area contributed by atoms with Gasteiger partial charge in [-0.15, -0.1) is 0 Å². The number of alkyl halides is 3. The molecule has 0 spiro atoms. The van der Waals surface area contributed by atoms with Crippen LogP contribution in [-0.2, 0) is 6.18 Å². The van der Waals surface area contributed by atoms with E-state index >= 15 is 0 Å². The third-order valence-electron chi connectivity index (χ3n) is 2.69. The van der Waals surface area contributed by atoms with Gasteiger partial charge in [0.15, 0.2) is 0 Å². The van der Waals surface area contributed by atoms with Gasteiger partial charge in [0.2, 0.25) is 0 Å². The summed E-state index contributed by atoms with van der Waals surface area (Å²) in [6.45, 7) is 0.596. The van der Waals surface area contributed by atoms with Crippen LogP contribution in [0.25, 0.3) is 0 Å². The van der Waals surface area contributed by atoms with Gasteiger partial charge in [-0.2, -0.15) is 13.2 Å². The fourth-order valence-electron chi connectivity index (χ4n) is 1.84. The van der Waals surface area contributed by atoms with Gasteiger partial charge in [0.25, 0.3) is 0 Å². The van der Waals surface area contributed by atoms with Crippen LogP contribution in [-0.4, -0.2) is 12.4 Å². The van der Waals surface area contributed by atoms with Crippen LogP contribution in [0.5, 0.6) is 0 Å². The van der Waals surface area contributed by atoms with E-state index in [1.165, 1.54) is 6.07 Å². The molecule has 0 bridgehead atoms. The molecule has 6 heteroatoms. The molecule has 1 aromatic rings. The van der Waals surface area contributed by atoms with Gasteiger partial charge in [-0.25, -0.2) is 0 Å². The van der Waals surface area contributed by atoms with Crippen LogP contribution in [0.2, 0.25) is 0 Å². The maximum Gasteiger partial charge on any atom is 0.416 e. The summed E-state index contributed by atoms with van der Waals surface area (Å²) in [6, 6.07) is 3.50. The SMILES string of the molecule is N=C1CCCN1c1cc(C(F)(F)F)ccc1Br. The Bertz CT molecular complexity index is 457. The lowest BCUT2D eigenvalue weighted by atomic mass is 10.2. The van der Waals surface area contributed by atoms with Crippen LogP contribution in [0.4, 0.5) is 18.9 Å². The minimum Gasteiger partial charge on any atom is -0.329 e. The molecule has 2 rings (SSSR count). The number of hydrogen-bond acceptors (Lipinski definition) is 1. The van der Waals surface area contributed by atoms with Crippen molar-refractivity contribution >= 4 is 27.5 Å². The average molecular weight is 307 g/mol. The Labute approximate surface area is 105 Å². The van der Waals surface area contributed by atoms with Gasteiger partial charge in [-0.1, -0.05) is 0 Å². The zero-order valence-corrected chi connectivity index (χ0v) is 10.4. The first-order valence-electron chi connectivity index (χ1n) is 5.11. The van der Waals surface area contributed by atoms with Crippen molar-refractivity contribution in [3.63, 3.8) is 0 Å². The second kappa shape index (κ2) is 4.33. The minimum atomic E-state index is -4.35. The lowest BCUT2D eigenvalue weighted by Gasteiger charge is -2.21. The Balaban J connectivity index is 2.42. The van der Waals surface area contributed by atoms with Gasteiger partial charge in [-0.05, 0) is 40.5 Å². The van der Waals surface area contributed by atoms with E-state index < -0.39 is 11.7 Å². The maximum atomic E-state index is 12.6. The monoisotopic (exact) mass is 306 g/mol. The molecule has 0 aliphatic carbocycles. The number of benzene rings is 1. The van der Waals surface area contributed by atoms with Gasteiger partial charge in [-0.3, -0.25) is 5.41 Å². The van der Waals surface area contributed by atoms with Crippen LogP contribution >= 0.6 is 15.9 Å². The number of hydrogen-bond donors (Lipinski definition) is 1. The standard InChI is InChI=1S/C11H10BrF3N2/c12-8-4-3-7(11(13,14)15)6-9(8)17-5-1-2-10(17)16/h3-4,6,16H,1-2,5H2. The highest BCUT2D eigenvalue weighted by atomic mass is 79.9. The highest BCUT2D eigenvalue weighted by molar-refractivity contribution is 9.10. The van der Waals surface area contributed by atoms with Gasteiger partial charge >= 0.3 is 6.18 Å². The molecule has 0 aromatic heterocycles. The molecule has 1 heterocycles. The Morgan fingerprint density at radius 3 is 2.53 bits per heavy atom. The van der Waals surface area contributed by atoms with Crippen molar-refractivity contribution < 1.29 is 13.2 Å². The summed E-state index contributed by atoms with van der Waals surface area (Å²) in [6.07, 6.45) is -2.93. The first kappa shape index (κ1) is 12.4. The number of nitrogens with one attached hydrogen (secondary N) is 1. The number of rotatable bonds is 1. The van der Waals surface area contributed by atoms with E-state index in [2.05, 4.69) is 15.9 Å². The zero-order valence-electron chi connectivity index (χ0n) is 8.81. The third-order valence-corrected chi connectivity index (χ3v) is 3.36. The highest BCUT2D eigenvalue weighted by Crippen LogP contribution is 2.36. The van der Waals surface area contributed by atoms with Gasteiger partial charge in [0.1, 0.15) is 5.84 Å². The number of nitrogens with zero attached hydrogens (tertiary/aromatic N) is 1. The predicted octanol–water partition coefficient (Wildman–Crippen LogP) is 4.05. The molecule has 0 radical (unpaired) electrons. The van der Waals surface area contributed by atoms with E-state index in [4.69, 9.17) is 5.41 Å². The number of amidine groups is 1. The molecule has 0 unspecified atom stereocenters. The highest BCUT2D eigenvalue weighted by Gasteiger charge is 2.32. The quantitative estimate of drug-likeness (QED) is 0.833. The van der Waals surface area contributed by atoms with E-state index in [-0.39, 0.29) is 0 Å². The molecule has 17 heavy (non-hydrogen) atoms. The lowest BCUT2D eigenvalue weighted by Crippen LogP contribution is -2.24. The van der Waals surface area contributed by atoms with E-state index in [1.807, 2.05) is 0 Å².